The molecule has 0 spiro atoms. The average Bonchev–Trinajstić information content (AvgIpc) is 2.62. The average molecular weight is 402 g/mol. The maximum absolute atomic E-state index is 13.5. The van der Waals surface area contributed by atoms with Crippen LogP contribution in [-0.4, -0.2) is 14.6 Å². The molecular weight excluding hydrogens is 392 g/mol. The third kappa shape index (κ3) is 3.49. The summed E-state index contributed by atoms with van der Waals surface area (Å²) in [4.78, 5) is 15.3. The van der Waals surface area contributed by atoms with Crippen LogP contribution in [0.25, 0.3) is 16.6 Å². The van der Waals surface area contributed by atoms with Crippen molar-refractivity contribution in [2.24, 2.45) is 0 Å². The minimum absolute atomic E-state index is 0.133. The molecule has 0 aliphatic carbocycles. The summed E-state index contributed by atoms with van der Waals surface area (Å²) in [5, 5.41) is 5.12. The Morgan fingerprint density at radius 1 is 1.00 bits per heavy atom. The van der Waals surface area contributed by atoms with Gasteiger partial charge < -0.3 is 4.74 Å². The van der Waals surface area contributed by atoms with Crippen molar-refractivity contribution in [3.05, 3.63) is 87.1 Å². The van der Waals surface area contributed by atoms with Gasteiger partial charge in [0.2, 0.25) is 5.88 Å². The molecule has 0 saturated heterocycles. The van der Waals surface area contributed by atoms with E-state index in [1.807, 2.05) is 0 Å². The summed E-state index contributed by atoms with van der Waals surface area (Å²) in [6.45, 7) is 0. The number of hydrogen-bond acceptors (Lipinski definition) is 4. The Kier molecular flexibility index (Phi) is 4.51. The topological polar surface area (TPSA) is 56.5 Å². The Hall–Kier alpha value is -2.96. The Labute approximate surface area is 162 Å². The lowest BCUT2D eigenvalue weighted by Crippen LogP contribution is -2.09. The zero-order valence-corrected chi connectivity index (χ0v) is 15.1. The molecule has 0 aliphatic heterocycles. The van der Waals surface area contributed by atoms with Gasteiger partial charge in [-0.2, -0.15) is 4.98 Å². The van der Waals surface area contributed by atoms with Crippen molar-refractivity contribution in [2.45, 2.75) is 0 Å². The van der Waals surface area contributed by atoms with Crippen molar-refractivity contribution < 1.29 is 9.13 Å². The van der Waals surface area contributed by atoms with Crippen molar-refractivity contribution in [1.29, 1.82) is 0 Å². The molecule has 2 aromatic carbocycles. The van der Waals surface area contributed by atoms with Gasteiger partial charge in [0, 0.05) is 17.7 Å². The summed E-state index contributed by atoms with van der Waals surface area (Å²) in [6.07, 6.45) is 1.27. The van der Waals surface area contributed by atoms with E-state index in [0.717, 1.165) is 0 Å². The minimum atomic E-state index is -0.448. The van der Waals surface area contributed by atoms with Crippen LogP contribution in [0.4, 0.5) is 4.39 Å². The van der Waals surface area contributed by atoms with Crippen LogP contribution in [-0.2, 0) is 0 Å². The van der Waals surface area contributed by atoms with E-state index < -0.39 is 11.4 Å². The number of halogens is 3. The molecule has 0 aliphatic rings. The predicted octanol–water partition coefficient (Wildman–Crippen LogP) is 4.99. The van der Waals surface area contributed by atoms with Crippen molar-refractivity contribution >= 4 is 28.7 Å². The molecule has 4 aromatic rings. The number of fused-ring (bicyclic) bond motifs is 1. The number of ether oxygens (including phenoxy) is 1. The SMILES string of the molecule is O=c1cc2cc(-c3c(Cl)cccc3Cl)c(Oc3cccc(F)c3)nn2cn1. The second-order valence-corrected chi connectivity index (χ2v) is 6.43. The first-order chi connectivity index (χ1) is 13.0. The molecule has 8 heteroatoms. The largest absolute Gasteiger partial charge is 0.437 e. The zero-order valence-electron chi connectivity index (χ0n) is 13.6. The summed E-state index contributed by atoms with van der Waals surface area (Å²) >= 11 is 12.7. The fourth-order valence-corrected chi connectivity index (χ4v) is 3.21. The van der Waals surface area contributed by atoms with Gasteiger partial charge in [0.05, 0.1) is 21.1 Å². The smallest absolute Gasteiger partial charge is 0.273 e. The zero-order chi connectivity index (χ0) is 19.0. The number of nitrogens with zero attached hydrogens (tertiary/aromatic N) is 3. The van der Waals surface area contributed by atoms with E-state index in [-0.39, 0.29) is 11.6 Å². The molecule has 0 unspecified atom stereocenters. The molecule has 27 heavy (non-hydrogen) atoms. The lowest BCUT2D eigenvalue weighted by Gasteiger charge is -2.14. The maximum Gasteiger partial charge on any atom is 0.273 e. The molecule has 0 saturated carbocycles. The lowest BCUT2D eigenvalue weighted by molar-refractivity contribution is 0.449. The van der Waals surface area contributed by atoms with Crippen LogP contribution in [0.2, 0.25) is 10.0 Å². The van der Waals surface area contributed by atoms with Crippen LogP contribution in [0.3, 0.4) is 0 Å². The highest BCUT2D eigenvalue weighted by Crippen LogP contribution is 2.40. The second kappa shape index (κ2) is 6.98. The highest BCUT2D eigenvalue weighted by atomic mass is 35.5. The van der Waals surface area contributed by atoms with E-state index in [1.165, 1.54) is 35.1 Å². The molecule has 5 nitrogen and oxygen atoms in total. The van der Waals surface area contributed by atoms with Gasteiger partial charge in [0.25, 0.3) is 5.56 Å². The van der Waals surface area contributed by atoms with Crippen molar-refractivity contribution in [2.75, 3.05) is 0 Å². The molecule has 4 rings (SSSR count). The highest BCUT2D eigenvalue weighted by molar-refractivity contribution is 6.39. The van der Waals surface area contributed by atoms with Crippen LogP contribution < -0.4 is 10.3 Å². The molecule has 134 valence electrons. The maximum atomic E-state index is 13.5. The molecule has 0 fully saturated rings. The fraction of sp³-hybridized carbons (Fsp3) is 0. The van der Waals surface area contributed by atoms with Gasteiger partial charge in [-0.1, -0.05) is 35.3 Å². The summed E-state index contributed by atoms with van der Waals surface area (Å²) in [5.41, 5.74) is 1.02. The molecular formula is C19H10Cl2FN3O2. The van der Waals surface area contributed by atoms with E-state index in [1.54, 1.807) is 30.3 Å². The lowest BCUT2D eigenvalue weighted by atomic mass is 10.1. The van der Waals surface area contributed by atoms with Gasteiger partial charge in [-0.05, 0) is 30.3 Å². The second-order valence-electron chi connectivity index (χ2n) is 5.62. The Bertz CT molecular complexity index is 1210. The van der Waals surface area contributed by atoms with Gasteiger partial charge in [0.1, 0.15) is 17.9 Å². The molecule has 0 bridgehead atoms. The summed E-state index contributed by atoms with van der Waals surface area (Å²) < 4.78 is 20.7. The fourth-order valence-electron chi connectivity index (χ4n) is 2.61. The number of benzene rings is 2. The van der Waals surface area contributed by atoms with Crippen LogP contribution in [0.1, 0.15) is 0 Å². The predicted molar refractivity (Wildman–Crippen MR) is 101 cm³/mol. The Morgan fingerprint density at radius 2 is 1.74 bits per heavy atom. The Balaban J connectivity index is 1.98. The van der Waals surface area contributed by atoms with Crippen LogP contribution in [0, 0.1) is 5.82 Å². The van der Waals surface area contributed by atoms with Crippen LogP contribution in [0.15, 0.2) is 65.7 Å². The normalized spacial score (nSPS) is 10.9. The van der Waals surface area contributed by atoms with Crippen LogP contribution in [0.5, 0.6) is 11.6 Å². The van der Waals surface area contributed by atoms with Gasteiger partial charge >= 0.3 is 0 Å². The highest BCUT2D eigenvalue weighted by Gasteiger charge is 2.17. The summed E-state index contributed by atoms with van der Waals surface area (Å²) in [7, 11) is 0. The molecule has 0 atom stereocenters. The number of aromatic nitrogens is 3. The summed E-state index contributed by atoms with van der Waals surface area (Å²) in [6, 6.07) is 13.7. The summed E-state index contributed by atoms with van der Waals surface area (Å²) in [5.74, 6) is -0.0650. The van der Waals surface area contributed by atoms with Gasteiger partial charge in [-0.15, -0.1) is 5.10 Å². The first-order valence-corrected chi connectivity index (χ1v) is 8.54. The molecule has 2 heterocycles. The van der Waals surface area contributed by atoms with Crippen molar-refractivity contribution in [1.82, 2.24) is 14.6 Å². The van der Waals surface area contributed by atoms with E-state index in [9.17, 15) is 9.18 Å². The minimum Gasteiger partial charge on any atom is -0.437 e. The van der Waals surface area contributed by atoms with Crippen LogP contribution >= 0.6 is 23.2 Å². The third-order valence-electron chi connectivity index (χ3n) is 3.79. The molecule has 0 amide bonds. The standard InChI is InChI=1S/C19H10Cl2FN3O2/c20-15-5-2-6-16(21)18(15)14-8-12-9-17(26)23-10-25(12)24-19(14)27-13-4-1-3-11(22)7-13/h1-10H. The number of rotatable bonds is 3. The van der Waals surface area contributed by atoms with E-state index in [0.29, 0.717) is 26.7 Å². The Morgan fingerprint density at radius 3 is 2.48 bits per heavy atom. The third-order valence-corrected chi connectivity index (χ3v) is 4.42. The quantitative estimate of drug-likeness (QED) is 0.484. The van der Waals surface area contributed by atoms with Gasteiger partial charge in [0.15, 0.2) is 0 Å². The van der Waals surface area contributed by atoms with Crippen molar-refractivity contribution in [3.8, 4) is 22.8 Å². The first kappa shape index (κ1) is 17.5. The molecule has 2 aromatic heterocycles. The van der Waals surface area contributed by atoms with E-state index >= 15 is 0 Å². The van der Waals surface area contributed by atoms with E-state index in [4.69, 9.17) is 27.9 Å². The number of hydrogen-bond donors (Lipinski definition) is 0. The van der Waals surface area contributed by atoms with E-state index in [2.05, 4.69) is 10.1 Å². The van der Waals surface area contributed by atoms with Gasteiger partial charge in [-0.3, -0.25) is 4.79 Å². The monoisotopic (exact) mass is 401 g/mol. The molecule has 0 radical (unpaired) electrons. The first-order valence-electron chi connectivity index (χ1n) is 7.79. The van der Waals surface area contributed by atoms with Gasteiger partial charge in [-0.25, -0.2) is 8.91 Å². The van der Waals surface area contributed by atoms with Crippen molar-refractivity contribution in [3.63, 3.8) is 0 Å². The molecule has 0 N–H and O–H groups in total.